The van der Waals surface area contributed by atoms with Crippen LogP contribution in [-0.4, -0.2) is 34.7 Å². The molecule has 5 nitrogen and oxygen atoms in total. The van der Waals surface area contributed by atoms with Gasteiger partial charge in [-0.1, -0.05) is 20.3 Å². The van der Waals surface area contributed by atoms with Crippen LogP contribution in [0.5, 0.6) is 0 Å². The highest BCUT2D eigenvalue weighted by Gasteiger charge is 2.41. The number of hydrogen-bond acceptors (Lipinski definition) is 3. The maximum atomic E-state index is 11.9. The number of hydrogen-bond donors (Lipinski definition) is 1. The second kappa shape index (κ2) is 5.09. The Hall–Kier alpha value is -1.39. The molecule has 5 heteroatoms. The molecule has 0 aromatic carbocycles. The smallest absolute Gasteiger partial charge is 0.325 e. The molecule has 3 amide bonds. The molecule has 1 fully saturated rings. The van der Waals surface area contributed by atoms with Crippen LogP contribution in [0, 0.1) is 0 Å². The van der Waals surface area contributed by atoms with Crippen molar-refractivity contribution in [2.75, 3.05) is 0 Å². The average Bonchev–Trinajstić information content (AvgIpc) is 2.53. The molecule has 0 radical (unpaired) electrons. The van der Waals surface area contributed by atoms with Crippen molar-refractivity contribution in [2.24, 2.45) is 0 Å². The van der Waals surface area contributed by atoms with Crippen molar-refractivity contribution in [3.8, 4) is 0 Å². The highest BCUT2D eigenvalue weighted by atomic mass is 16.2. The maximum Gasteiger partial charge on any atom is 0.325 e. The van der Waals surface area contributed by atoms with E-state index >= 15 is 0 Å². The van der Waals surface area contributed by atoms with Crippen molar-refractivity contribution in [2.45, 2.75) is 52.1 Å². The van der Waals surface area contributed by atoms with E-state index in [-0.39, 0.29) is 11.7 Å². The third kappa shape index (κ3) is 2.23. The van der Waals surface area contributed by atoms with Gasteiger partial charge in [-0.2, -0.15) is 0 Å². The Bertz CT molecular complexity index is 314. The van der Waals surface area contributed by atoms with E-state index in [4.69, 9.17) is 0 Å². The van der Waals surface area contributed by atoms with Crippen LogP contribution in [0.1, 0.15) is 40.0 Å². The number of Topliss-reactive ketones (excluding diaryl/α,β-unsaturated/α-hetero) is 1. The van der Waals surface area contributed by atoms with Gasteiger partial charge in [0.2, 0.25) is 0 Å². The van der Waals surface area contributed by atoms with E-state index in [0.29, 0.717) is 12.8 Å². The van der Waals surface area contributed by atoms with E-state index in [1.165, 1.54) is 0 Å². The minimum absolute atomic E-state index is 0.0966. The first-order valence-electron chi connectivity index (χ1n) is 5.69. The average molecular weight is 226 g/mol. The summed E-state index contributed by atoms with van der Waals surface area (Å²) in [6.07, 6.45) is 1.77. The summed E-state index contributed by atoms with van der Waals surface area (Å²) >= 11 is 0. The SMILES string of the molecule is CCCC1NC(=O)N(C(C)C(=O)CC)C1=O. The third-order valence-corrected chi connectivity index (χ3v) is 2.83. The number of imide groups is 1. The molecule has 1 N–H and O–H groups in total. The van der Waals surface area contributed by atoms with Crippen LogP contribution < -0.4 is 5.32 Å². The van der Waals surface area contributed by atoms with E-state index in [1.807, 2.05) is 6.92 Å². The topological polar surface area (TPSA) is 66.5 Å². The number of nitrogens with one attached hydrogen (secondary N) is 1. The molecule has 16 heavy (non-hydrogen) atoms. The molecule has 1 heterocycles. The van der Waals surface area contributed by atoms with Gasteiger partial charge >= 0.3 is 6.03 Å². The fourth-order valence-corrected chi connectivity index (χ4v) is 1.84. The molecular weight excluding hydrogens is 208 g/mol. The second-order valence-corrected chi connectivity index (χ2v) is 3.99. The summed E-state index contributed by atoms with van der Waals surface area (Å²) in [5.41, 5.74) is 0. The number of rotatable bonds is 5. The summed E-state index contributed by atoms with van der Waals surface area (Å²) < 4.78 is 0. The monoisotopic (exact) mass is 226 g/mol. The normalized spacial score (nSPS) is 22.2. The highest BCUT2D eigenvalue weighted by molar-refractivity contribution is 6.07. The Morgan fingerprint density at radius 2 is 2.06 bits per heavy atom. The van der Waals surface area contributed by atoms with Crippen molar-refractivity contribution in [3.63, 3.8) is 0 Å². The van der Waals surface area contributed by atoms with Gasteiger partial charge in [0, 0.05) is 6.42 Å². The molecule has 0 spiro atoms. The predicted molar refractivity (Wildman–Crippen MR) is 58.8 cm³/mol. The Morgan fingerprint density at radius 1 is 1.44 bits per heavy atom. The molecule has 2 unspecified atom stereocenters. The molecule has 1 aliphatic rings. The lowest BCUT2D eigenvalue weighted by atomic mass is 10.1. The van der Waals surface area contributed by atoms with Gasteiger partial charge in [-0.15, -0.1) is 0 Å². The first-order chi connectivity index (χ1) is 7.52. The first kappa shape index (κ1) is 12.7. The summed E-state index contributed by atoms with van der Waals surface area (Å²) in [6.45, 7) is 5.27. The molecule has 90 valence electrons. The van der Waals surface area contributed by atoms with Crippen LogP contribution in [0.25, 0.3) is 0 Å². The van der Waals surface area contributed by atoms with Crippen LogP contribution in [0.3, 0.4) is 0 Å². The Labute approximate surface area is 95.2 Å². The zero-order valence-corrected chi connectivity index (χ0v) is 9.95. The lowest BCUT2D eigenvalue weighted by molar-refractivity contribution is -0.134. The maximum absolute atomic E-state index is 11.9. The number of amides is 3. The summed E-state index contributed by atoms with van der Waals surface area (Å²) in [5, 5.41) is 2.60. The Morgan fingerprint density at radius 3 is 2.56 bits per heavy atom. The fraction of sp³-hybridized carbons (Fsp3) is 0.727. The van der Waals surface area contributed by atoms with Gasteiger partial charge < -0.3 is 5.32 Å². The van der Waals surface area contributed by atoms with Crippen molar-refractivity contribution in [3.05, 3.63) is 0 Å². The number of urea groups is 1. The largest absolute Gasteiger partial charge is 0.326 e. The third-order valence-electron chi connectivity index (χ3n) is 2.83. The minimum Gasteiger partial charge on any atom is -0.326 e. The second-order valence-electron chi connectivity index (χ2n) is 3.99. The van der Waals surface area contributed by atoms with E-state index < -0.39 is 18.1 Å². The van der Waals surface area contributed by atoms with Crippen molar-refractivity contribution >= 4 is 17.7 Å². The summed E-state index contributed by atoms with van der Waals surface area (Å²) in [6, 6.07) is -1.55. The summed E-state index contributed by atoms with van der Waals surface area (Å²) in [7, 11) is 0. The minimum atomic E-state index is -0.653. The lowest BCUT2D eigenvalue weighted by Crippen LogP contribution is -2.43. The highest BCUT2D eigenvalue weighted by Crippen LogP contribution is 2.15. The van der Waals surface area contributed by atoms with Crippen LogP contribution in [0.4, 0.5) is 4.79 Å². The van der Waals surface area contributed by atoms with Crippen LogP contribution in [-0.2, 0) is 9.59 Å². The molecule has 0 saturated carbocycles. The molecule has 1 saturated heterocycles. The van der Waals surface area contributed by atoms with Crippen LogP contribution in [0.15, 0.2) is 0 Å². The standard InChI is InChI=1S/C11H18N2O3/c1-4-6-8-10(15)13(11(16)12-8)7(3)9(14)5-2/h7-8H,4-6H2,1-3H3,(H,12,16). The number of carbonyl (C=O) groups excluding carboxylic acids is 3. The first-order valence-corrected chi connectivity index (χ1v) is 5.69. The number of nitrogens with zero attached hydrogens (tertiary/aromatic N) is 1. The summed E-state index contributed by atoms with van der Waals surface area (Å²) in [5.74, 6) is -0.373. The molecule has 0 aliphatic carbocycles. The quantitative estimate of drug-likeness (QED) is 0.713. The van der Waals surface area contributed by atoms with Crippen molar-refractivity contribution in [1.29, 1.82) is 0 Å². The van der Waals surface area contributed by atoms with Gasteiger partial charge in [0.05, 0.1) is 6.04 Å². The van der Waals surface area contributed by atoms with Crippen molar-refractivity contribution in [1.82, 2.24) is 10.2 Å². The van der Waals surface area contributed by atoms with Crippen LogP contribution in [0.2, 0.25) is 0 Å². The summed E-state index contributed by atoms with van der Waals surface area (Å²) in [4.78, 5) is 36.0. The van der Waals surface area contributed by atoms with E-state index in [1.54, 1.807) is 13.8 Å². The zero-order valence-electron chi connectivity index (χ0n) is 9.95. The number of carbonyl (C=O) groups is 3. The predicted octanol–water partition coefficient (Wildman–Crippen LogP) is 1.07. The van der Waals surface area contributed by atoms with Crippen LogP contribution >= 0.6 is 0 Å². The van der Waals surface area contributed by atoms with Gasteiger partial charge in [-0.3, -0.25) is 14.5 Å². The molecular formula is C11H18N2O3. The Balaban J connectivity index is 2.78. The van der Waals surface area contributed by atoms with Gasteiger partial charge in [-0.25, -0.2) is 4.79 Å². The lowest BCUT2D eigenvalue weighted by Gasteiger charge is -2.19. The molecule has 1 aliphatic heterocycles. The molecule has 1 rings (SSSR count). The molecule has 2 atom stereocenters. The molecule has 0 aromatic rings. The van der Waals surface area contributed by atoms with Gasteiger partial charge in [0.1, 0.15) is 6.04 Å². The van der Waals surface area contributed by atoms with Gasteiger partial charge in [-0.05, 0) is 13.3 Å². The Kier molecular flexibility index (Phi) is 4.04. The zero-order chi connectivity index (χ0) is 12.3. The van der Waals surface area contributed by atoms with Gasteiger partial charge in [0.15, 0.2) is 5.78 Å². The van der Waals surface area contributed by atoms with Crippen molar-refractivity contribution < 1.29 is 14.4 Å². The fourth-order valence-electron chi connectivity index (χ4n) is 1.84. The molecule has 0 bridgehead atoms. The van der Waals surface area contributed by atoms with E-state index in [2.05, 4.69) is 5.32 Å². The molecule has 0 aromatic heterocycles. The van der Waals surface area contributed by atoms with Gasteiger partial charge in [0.25, 0.3) is 5.91 Å². The number of ketones is 1. The van der Waals surface area contributed by atoms with E-state index in [0.717, 1.165) is 11.3 Å². The van der Waals surface area contributed by atoms with E-state index in [9.17, 15) is 14.4 Å².